The molecule has 1 heterocycles. The van der Waals surface area contributed by atoms with E-state index in [2.05, 4.69) is 0 Å². The summed E-state index contributed by atoms with van der Waals surface area (Å²) in [4.78, 5) is 24.2. The summed E-state index contributed by atoms with van der Waals surface area (Å²) in [6.45, 7) is 7.01. The van der Waals surface area contributed by atoms with Gasteiger partial charge in [-0.15, -0.1) is 0 Å². The summed E-state index contributed by atoms with van der Waals surface area (Å²) in [6.07, 6.45) is -1.29. The Kier molecular flexibility index (Phi) is 4.55. The van der Waals surface area contributed by atoms with Crippen molar-refractivity contribution in [1.82, 2.24) is 0 Å². The van der Waals surface area contributed by atoms with Crippen LogP contribution in [0.4, 0.5) is 0 Å². The molecular formula is C21H19O5-. The number of hydrogen-bond donors (Lipinski definition) is 0. The minimum Gasteiger partial charge on any atom is -0.546 e. The molecule has 0 aliphatic carbocycles. The second-order valence-electron chi connectivity index (χ2n) is 6.49. The number of benzene rings is 2. The Balaban J connectivity index is 2.34. The molecule has 3 aromatic rings. The molecule has 5 nitrogen and oxygen atoms in total. The van der Waals surface area contributed by atoms with Crippen LogP contribution < -0.4 is 15.3 Å². The van der Waals surface area contributed by atoms with Crippen LogP contribution >= 0.6 is 0 Å². The lowest BCUT2D eigenvalue weighted by atomic mass is 10.0. The largest absolute Gasteiger partial charge is 0.546 e. The first-order valence-corrected chi connectivity index (χ1v) is 8.30. The average Bonchev–Trinajstić information content (AvgIpc) is 2.58. The summed E-state index contributed by atoms with van der Waals surface area (Å²) in [6, 6.07) is 11.0. The van der Waals surface area contributed by atoms with E-state index in [1.165, 1.54) is 6.92 Å². The smallest absolute Gasteiger partial charge is 0.235 e. The van der Waals surface area contributed by atoms with E-state index in [0.717, 1.165) is 16.7 Å². The SMILES string of the molecule is Cc1ccc(-c2oc3c(C)cc(C)cc3c(=O)c2O[C@@H](C)C(=O)[O-])cc1. The van der Waals surface area contributed by atoms with Crippen LogP contribution in [0, 0.1) is 20.8 Å². The van der Waals surface area contributed by atoms with E-state index in [4.69, 9.17) is 9.15 Å². The fraction of sp³-hybridized carbons (Fsp3) is 0.238. The van der Waals surface area contributed by atoms with Crippen molar-refractivity contribution in [2.75, 3.05) is 0 Å². The quantitative estimate of drug-likeness (QED) is 0.722. The summed E-state index contributed by atoms with van der Waals surface area (Å²) < 4.78 is 11.5. The molecule has 0 spiro atoms. The lowest BCUT2D eigenvalue weighted by Gasteiger charge is -2.18. The Hall–Kier alpha value is -3.08. The van der Waals surface area contributed by atoms with Gasteiger partial charge in [0.05, 0.1) is 11.4 Å². The highest BCUT2D eigenvalue weighted by Gasteiger charge is 2.21. The van der Waals surface area contributed by atoms with Gasteiger partial charge in [0.15, 0.2) is 5.76 Å². The Morgan fingerprint density at radius 3 is 2.35 bits per heavy atom. The summed E-state index contributed by atoms with van der Waals surface area (Å²) in [5.74, 6) is -1.31. The molecule has 0 radical (unpaired) electrons. The third kappa shape index (κ3) is 3.20. The van der Waals surface area contributed by atoms with Gasteiger partial charge < -0.3 is 19.1 Å². The number of hydrogen-bond acceptors (Lipinski definition) is 5. The number of carboxylic acids is 1. The van der Waals surface area contributed by atoms with E-state index < -0.39 is 17.5 Å². The maximum absolute atomic E-state index is 13.1. The normalized spacial score (nSPS) is 12.2. The van der Waals surface area contributed by atoms with E-state index in [1.54, 1.807) is 18.2 Å². The van der Waals surface area contributed by atoms with Crippen molar-refractivity contribution in [2.24, 2.45) is 0 Å². The van der Waals surface area contributed by atoms with Gasteiger partial charge in [-0.1, -0.05) is 35.9 Å². The van der Waals surface area contributed by atoms with Gasteiger partial charge in [0, 0.05) is 5.56 Å². The molecule has 26 heavy (non-hydrogen) atoms. The Labute approximate surface area is 150 Å². The van der Waals surface area contributed by atoms with Crippen molar-refractivity contribution in [3.63, 3.8) is 0 Å². The number of fused-ring (bicyclic) bond motifs is 1. The van der Waals surface area contributed by atoms with Gasteiger partial charge in [-0.3, -0.25) is 4.79 Å². The topological polar surface area (TPSA) is 79.6 Å². The summed E-state index contributed by atoms with van der Waals surface area (Å²) in [7, 11) is 0. The van der Waals surface area contributed by atoms with Crippen LogP contribution in [0.25, 0.3) is 22.3 Å². The molecule has 0 bridgehead atoms. The first-order chi connectivity index (χ1) is 12.3. The number of carboxylic acid groups (broad SMARTS) is 1. The van der Waals surface area contributed by atoms with Crippen LogP contribution in [0.3, 0.4) is 0 Å². The zero-order chi connectivity index (χ0) is 19.0. The van der Waals surface area contributed by atoms with Crippen molar-refractivity contribution < 1.29 is 19.1 Å². The Bertz CT molecular complexity index is 1040. The van der Waals surface area contributed by atoms with Gasteiger partial charge in [-0.2, -0.15) is 0 Å². The number of aliphatic carboxylic acids is 1. The molecule has 0 saturated carbocycles. The van der Waals surface area contributed by atoms with Crippen LogP contribution in [0.2, 0.25) is 0 Å². The molecule has 0 amide bonds. The number of carbonyl (C=O) groups excluding carboxylic acids is 1. The monoisotopic (exact) mass is 351 g/mol. The Morgan fingerprint density at radius 1 is 1.08 bits per heavy atom. The van der Waals surface area contributed by atoms with E-state index >= 15 is 0 Å². The van der Waals surface area contributed by atoms with Gasteiger partial charge in [0.2, 0.25) is 11.2 Å². The summed E-state index contributed by atoms with van der Waals surface area (Å²) in [5, 5.41) is 11.5. The van der Waals surface area contributed by atoms with Gasteiger partial charge in [-0.25, -0.2) is 0 Å². The predicted octanol–water partition coefficient (Wildman–Crippen LogP) is 2.90. The van der Waals surface area contributed by atoms with Crippen LogP contribution in [0.1, 0.15) is 23.6 Å². The molecule has 0 aliphatic rings. The molecule has 0 N–H and O–H groups in total. The highest BCUT2D eigenvalue weighted by Crippen LogP contribution is 2.33. The van der Waals surface area contributed by atoms with Crippen LogP contribution in [0.15, 0.2) is 45.6 Å². The molecule has 0 saturated heterocycles. The number of ether oxygens (including phenoxy) is 1. The fourth-order valence-corrected chi connectivity index (χ4v) is 2.86. The minimum atomic E-state index is -1.40. The van der Waals surface area contributed by atoms with Crippen LogP contribution in [0.5, 0.6) is 5.75 Å². The van der Waals surface area contributed by atoms with Crippen molar-refractivity contribution in [2.45, 2.75) is 33.8 Å². The van der Waals surface area contributed by atoms with Crippen molar-refractivity contribution in [3.05, 3.63) is 63.3 Å². The van der Waals surface area contributed by atoms with Crippen molar-refractivity contribution in [3.8, 4) is 17.1 Å². The van der Waals surface area contributed by atoms with Crippen molar-refractivity contribution in [1.29, 1.82) is 0 Å². The van der Waals surface area contributed by atoms with Crippen LogP contribution in [-0.4, -0.2) is 12.1 Å². The molecule has 5 heteroatoms. The number of aryl methyl sites for hydroxylation is 3. The van der Waals surface area contributed by atoms with Gasteiger partial charge >= 0.3 is 0 Å². The third-order valence-electron chi connectivity index (χ3n) is 4.22. The molecule has 1 atom stereocenters. The highest BCUT2D eigenvalue weighted by atomic mass is 16.5. The van der Waals surface area contributed by atoms with Crippen LogP contribution in [-0.2, 0) is 4.79 Å². The zero-order valence-electron chi connectivity index (χ0n) is 15.1. The van der Waals surface area contributed by atoms with E-state index in [1.807, 2.05) is 39.0 Å². The Morgan fingerprint density at radius 2 is 1.73 bits per heavy atom. The van der Waals surface area contributed by atoms with Crippen molar-refractivity contribution >= 4 is 16.9 Å². The second kappa shape index (κ2) is 6.67. The predicted molar refractivity (Wildman–Crippen MR) is 97.2 cm³/mol. The lowest BCUT2D eigenvalue weighted by molar-refractivity contribution is -0.312. The maximum Gasteiger partial charge on any atom is 0.235 e. The summed E-state index contributed by atoms with van der Waals surface area (Å²) in [5.41, 5.74) is 3.48. The molecule has 0 aliphatic heterocycles. The number of carbonyl (C=O) groups is 1. The van der Waals surface area contributed by atoms with Gasteiger partial charge in [0.25, 0.3) is 0 Å². The molecule has 0 fully saturated rings. The minimum absolute atomic E-state index is 0.122. The van der Waals surface area contributed by atoms with Gasteiger partial charge in [-0.05, 0) is 44.9 Å². The molecule has 1 aromatic heterocycles. The molecule has 3 rings (SSSR count). The second-order valence-corrected chi connectivity index (χ2v) is 6.49. The molecular weight excluding hydrogens is 332 g/mol. The highest BCUT2D eigenvalue weighted by molar-refractivity contribution is 5.85. The van der Waals surface area contributed by atoms with E-state index in [9.17, 15) is 14.7 Å². The fourth-order valence-electron chi connectivity index (χ4n) is 2.86. The molecule has 0 unspecified atom stereocenters. The lowest BCUT2D eigenvalue weighted by Crippen LogP contribution is -2.38. The first-order valence-electron chi connectivity index (χ1n) is 8.30. The number of rotatable bonds is 4. The first kappa shape index (κ1) is 17.7. The van der Waals surface area contributed by atoms with E-state index in [0.29, 0.717) is 16.5 Å². The standard InChI is InChI=1S/C21H20O5/c1-11-5-7-15(8-6-11)19-20(25-14(4)21(23)24)17(22)16-10-12(2)9-13(3)18(16)26-19/h5-10,14H,1-4H3,(H,23,24)/p-1/t14-/m0/s1. The zero-order valence-corrected chi connectivity index (χ0v) is 15.1. The molecule has 2 aromatic carbocycles. The summed E-state index contributed by atoms with van der Waals surface area (Å²) >= 11 is 0. The molecule has 134 valence electrons. The van der Waals surface area contributed by atoms with E-state index in [-0.39, 0.29) is 11.5 Å². The third-order valence-corrected chi connectivity index (χ3v) is 4.22. The maximum atomic E-state index is 13.1. The average molecular weight is 351 g/mol. The van der Waals surface area contributed by atoms with Gasteiger partial charge in [0.1, 0.15) is 11.7 Å².